The van der Waals surface area contributed by atoms with E-state index < -0.39 is 10.0 Å². The molecule has 1 aromatic carbocycles. The van der Waals surface area contributed by atoms with Gasteiger partial charge in [-0.2, -0.15) is 0 Å². The van der Waals surface area contributed by atoms with Crippen LogP contribution in [0.3, 0.4) is 0 Å². The van der Waals surface area contributed by atoms with Crippen LogP contribution in [-0.4, -0.2) is 27.4 Å². The highest BCUT2D eigenvalue weighted by atomic mass is 32.2. The van der Waals surface area contributed by atoms with Gasteiger partial charge in [-0.1, -0.05) is 43.2 Å². The maximum atomic E-state index is 10.7. The van der Waals surface area contributed by atoms with E-state index in [0.29, 0.717) is 6.42 Å². The smallest absolute Gasteiger partial charge is 0.209 e. The number of primary sulfonamides is 1. The van der Waals surface area contributed by atoms with E-state index in [9.17, 15) is 8.42 Å². The summed E-state index contributed by atoms with van der Waals surface area (Å²) in [5.41, 5.74) is 1.35. The van der Waals surface area contributed by atoms with Crippen molar-refractivity contribution in [1.82, 2.24) is 0 Å². The molecule has 4 nitrogen and oxygen atoms in total. The number of benzene rings is 1. The minimum Gasteiger partial charge on any atom is -0.381 e. The van der Waals surface area contributed by atoms with Crippen LogP contribution in [0.1, 0.15) is 37.7 Å². The molecule has 0 bridgehead atoms. The fraction of sp³-hybridized carbons (Fsp3) is 0.600. The third-order valence-electron chi connectivity index (χ3n) is 3.06. The summed E-state index contributed by atoms with van der Waals surface area (Å²) < 4.78 is 27.0. The van der Waals surface area contributed by atoms with E-state index in [4.69, 9.17) is 9.88 Å². The van der Waals surface area contributed by atoms with Crippen molar-refractivity contribution in [3.63, 3.8) is 0 Å². The molecule has 20 heavy (non-hydrogen) atoms. The van der Waals surface area contributed by atoms with Crippen molar-refractivity contribution in [2.24, 2.45) is 5.14 Å². The Kier molecular flexibility index (Phi) is 8.49. The molecule has 5 heteroatoms. The van der Waals surface area contributed by atoms with Crippen LogP contribution in [0, 0.1) is 0 Å². The average Bonchev–Trinajstić information content (AvgIpc) is 2.41. The molecule has 0 amide bonds. The standard InChI is InChI=1S/C15H25NO3S/c16-20(17,18)14-7-2-1-6-12-19-13-8-11-15-9-4-3-5-10-15/h3-5,9-10H,1-2,6-8,11-14H2,(H2,16,17,18). The molecule has 114 valence electrons. The fourth-order valence-corrected chi connectivity index (χ4v) is 2.59. The van der Waals surface area contributed by atoms with E-state index in [1.807, 2.05) is 6.07 Å². The van der Waals surface area contributed by atoms with E-state index in [1.54, 1.807) is 0 Å². The Bertz CT molecular complexity index is 445. The topological polar surface area (TPSA) is 69.4 Å². The van der Waals surface area contributed by atoms with E-state index in [1.165, 1.54) is 5.56 Å². The van der Waals surface area contributed by atoms with Crippen molar-refractivity contribution >= 4 is 10.0 Å². The summed E-state index contributed by atoms with van der Waals surface area (Å²) in [4.78, 5) is 0. The highest BCUT2D eigenvalue weighted by Gasteiger charge is 2.01. The fourth-order valence-electron chi connectivity index (χ4n) is 1.99. The van der Waals surface area contributed by atoms with E-state index in [-0.39, 0.29) is 5.75 Å². The van der Waals surface area contributed by atoms with Crippen molar-refractivity contribution in [1.29, 1.82) is 0 Å². The van der Waals surface area contributed by atoms with Gasteiger partial charge in [0.1, 0.15) is 0 Å². The summed E-state index contributed by atoms with van der Waals surface area (Å²) in [5, 5.41) is 4.93. The average molecular weight is 299 g/mol. The number of rotatable bonds is 11. The van der Waals surface area contributed by atoms with Crippen LogP contribution in [0.2, 0.25) is 0 Å². The maximum Gasteiger partial charge on any atom is 0.209 e. The first-order valence-electron chi connectivity index (χ1n) is 7.20. The lowest BCUT2D eigenvalue weighted by Gasteiger charge is -2.04. The molecule has 0 unspecified atom stereocenters. The number of sulfonamides is 1. The molecule has 0 aromatic heterocycles. The number of aryl methyl sites for hydroxylation is 1. The largest absolute Gasteiger partial charge is 0.381 e. The number of ether oxygens (including phenoxy) is 1. The first-order chi connectivity index (χ1) is 9.58. The normalized spacial score (nSPS) is 11.7. The lowest BCUT2D eigenvalue weighted by molar-refractivity contribution is 0.128. The molecule has 0 aliphatic carbocycles. The van der Waals surface area contributed by atoms with Crippen LogP contribution in [0.25, 0.3) is 0 Å². The molecule has 0 spiro atoms. The van der Waals surface area contributed by atoms with Gasteiger partial charge in [0.2, 0.25) is 10.0 Å². The van der Waals surface area contributed by atoms with Gasteiger partial charge in [0.05, 0.1) is 5.75 Å². The zero-order chi connectivity index (χ0) is 14.7. The number of nitrogens with two attached hydrogens (primary N) is 1. The van der Waals surface area contributed by atoms with Crippen LogP contribution < -0.4 is 5.14 Å². The Morgan fingerprint density at radius 2 is 1.55 bits per heavy atom. The third kappa shape index (κ3) is 9.95. The van der Waals surface area contributed by atoms with Crippen LogP contribution in [0.5, 0.6) is 0 Å². The molecule has 0 fully saturated rings. The third-order valence-corrected chi connectivity index (χ3v) is 3.92. The molecule has 2 N–H and O–H groups in total. The number of unbranched alkanes of at least 4 members (excludes halogenated alkanes) is 3. The van der Waals surface area contributed by atoms with Gasteiger partial charge >= 0.3 is 0 Å². The first kappa shape index (κ1) is 17.1. The molecule has 0 aliphatic rings. The predicted octanol–water partition coefficient (Wildman–Crippen LogP) is 2.48. The number of hydrogen-bond acceptors (Lipinski definition) is 3. The summed E-state index contributed by atoms with van der Waals surface area (Å²) in [6, 6.07) is 10.4. The van der Waals surface area contributed by atoms with Gasteiger partial charge < -0.3 is 4.74 Å². The summed E-state index contributed by atoms with van der Waals surface area (Å²) in [6.07, 6.45) is 5.60. The van der Waals surface area contributed by atoms with Crippen molar-refractivity contribution < 1.29 is 13.2 Å². The zero-order valence-corrected chi connectivity index (χ0v) is 12.8. The van der Waals surface area contributed by atoms with Crippen molar-refractivity contribution in [3.8, 4) is 0 Å². The Morgan fingerprint density at radius 1 is 0.900 bits per heavy atom. The van der Waals surface area contributed by atoms with Gasteiger partial charge in [-0.05, 0) is 31.2 Å². The Hall–Kier alpha value is -0.910. The Morgan fingerprint density at radius 3 is 2.25 bits per heavy atom. The highest BCUT2D eigenvalue weighted by molar-refractivity contribution is 7.89. The minimum absolute atomic E-state index is 0.0882. The van der Waals surface area contributed by atoms with E-state index >= 15 is 0 Å². The highest BCUT2D eigenvalue weighted by Crippen LogP contribution is 2.04. The van der Waals surface area contributed by atoms with Gasteiger partial charge in [0.25, 0.3) is 0 Å². The maximum absolute atomic E-state index is 10.7. The van der Waals surface area contributed by atoms with Crippen LogP contribution in [0.4, 0.5) is 0 Å². The molecular formula is C15H25NO3S. The number of hydrogen-bond donors (Lipinski definition) is 1. The van der Waals surface area contributed by atoms with Gasteiger partial charge in [-0.3, -0.25) is 0 Å². The molecule has 0 saturated carbocycles. The SMILES string of the molecule is NS(=O)(=O)CCCCCCOCCCc1ccccc1. The molecule has 0 heterocycles. The Balaban J connectivity index is 1.86. The van der Waals surface area contributed by atoms with Gasteiger partial charge in [-0.25, -0.2) is 13.6 Å². The molecule has 0 atom stereocenters. The Labute approximate surface area is 122 Å². The van der Waals surface area contributed by atoms with Crippen LogP contribution >= 0.6 is 0 Å². The summed E-state index contributed by atoms with van der Waals surface area (Å²) in [6.45, 7) is 1.54. The second-order valence-electron chi connectivity index (χ2n) is 4.98. The molecule has 0 aliphatic heterocycles. The lowest BCUT2D eigenvalue weighted by Crippen LogP contribution is -2.16. The first-order valence-corrected chi connectivity index (χ1v) is 8.91. The second-order valence-corrected chi connectivity index (χ2v) is 6.72. The predicted molar refractivity (Wildman–Crippen MR) is 82.0 cm³/mol. The van der Waals surface area contributed by atoms with Crippen molar-refractivity contribution in [2.45, 2.75) is 38.5 Å². The van der Waals surface area contributed by atoms with Gasteiger partial charge in [-0.15, -0.1) is 0 Å². The summed E-state index contributed by atoms with van der Waals surface area (Å²) in [5.74, 6) is 0.0882. The minimum atomic E-state index is -3.29. The lowest BCUT2D eigenvalue weighted by atomic mass is 10.1. The van der Waals surface area contributed by atoms with E-state index in [2.05, 4.69) is 24.3 Å². The monoisotopic (exact) mass is 299 g/mol. The van der Waals surface area contributed by atoms with Crippen molar-refractivity contribution in [2.75, 3.05) is 19.0 Å². The quantitative estimate of drug-likeness (QED) is 0.638. The molecule has 1 rings (SSSR count). The molecule has 1 aromatic rings. The van der Waals surface area contributed by atoms with Gasteiger partial charge in [0.15, 0.2) is 0 Å². The molecule has 0 saturated heterocycles. The summed E-state index contributed by atoms with van der Waals surface area (Å²) in [7, 11) is -3.29. The van der Waals surface area contributed by atoms with Crippen LogP contribution in [0.15, 0.2) is 30.3 Å². The van der Waals surface area contributed by atoms with Crippen molar-refractivity contribution in [3.05, 3.63) is 35.9 Å². The van der Waals surface area contributed by atoms with Gasteiger partial charge in [0, 0.05) is 13.2 Å². The van der Waals surface area contributed by atoms with E-state index in [0.717, 1.165) is 45.3 Å². The molecular weight excluding hydrogens is 274 g/mol. The second kappa shape index (κ2) is 9.91. The summed E-state index contributed by atoms with van der Waals surface area (Å²) >= 11 is 0. The zero-order valence-electron chi connectivity index (χ0n) is 12.0. The van der Waals surface area contributed by atoms with Crippen LogP contribution in [-0.2, 0) is 21.2 Å². The molecule has 0 radical (unpaired) electrons.